The summed E-state index contributed by atoms with van der Waals surface area (Å²) in [5.41, 5.74) is 0.217. The van der Waals surface area contributed by atoms with Crippen LogP contribution in [0.5, 0.6) is 0 Å². The van der Waals surface area contributed by atoms with Crippen LogP contribution in [0.3, 0.4) is 0 Å². The van der Waals surface area contributed by atoms with E-state index in [4.69, 9.17) is 0 Å². The molecule has 2 aliphatic carbocycles. The third-order valence-electron chi connectivity index (χ3n) is 3.59. The maximum Gasteiger partial charge on any atom is 1.00 e. The second-order valence-corrected chi connectivity index (χ2v) is 4.88. The van der Waals surface area contributed by atoms with Crippen LogP contribution < -0.4 is 69.3 Å². The largest absolute Gasteiger partial charge is 1.00 e. The molecule has 0 N–H and O–H groups in total. The van der Waals surface area contributed by atoms with Crippen molar-refractivity contribution in [2.45, 2.75) is 51.4 Å². The van der Waals surface area contributed by atoms with Gasteiger partial charge < -0.3 is 10.2 Å². The van der Waals surface area contributed by atoms with Crippen LogP contribution in [-0.4, -0.2) is 11.6 Å². The van der Waals surface area contributed by atoms with Gasteiger partial charge in [-0.1, -0.05) is 0 Å². The molecule has 0 aliphatic heterocycles. The number of carbonyl (C=O) groups is 2. The molecule has 0 amide bonds. The van der Waals surface area contributed by atoms with E-state index in [1.807, 2.05) is 0 Å². The summed E-state index contributed by atoms with van der Waals surface area (Å²) in [7, 11) is 0. The van der Waals surface area contributed by atoms with E-state index in [2.05, 4.69) is 0 Å². The van der Waals surface area contributed by atoms with Gasteiger partial charge >= 0.3 is 59.1 Å². The van der Waals surface area contributed by atoms with Crippen molar-refractivity contribution in [2.24, 2.45) is 0 Å². The van der Waals surface area contributed by atoms with E-state index in [0.29, 0.717) is 25.7 Å². The predicted molar refractivity (Wildman–Crippen MR) is 61.0 cm³/mol. The summed E-state index contributed by atoms with van der Waals surface area (Å²) in [6.07, 6.45) is 4.54. The van der Waals surface area contributed by atoms with E-state index < -0.39 is 11.5 Å². The molecule has 0 radical (unpaired) electrons. The van der Waals surface area contributed by atoms with Crippen molar-refractivity contribution in [1.29, 1.82) is 0 Å². The molecule has 4 nitrogen and oxygen atoms in total. The monoisotopic (exact) mass is 294 g/mol. The van der Waals surface area contributed by atoms with Gasteiger partial charge in [-0.15, -0.1) is 11.5 Å². The minimum atomic E-state index is -0.732. The van der Waals surface area contributed by atoms with Gasteiger partial charge in [0.2, 0.25) is 0 Å². The number of allylic oxidation sites excluding steroid dienone is 2. The first-order valence-electron chi connectivity index (χ1n) is 6.48. The maximum absolute atomic E-state index is 12.0. The Hall–Kier alpha value is 0.420. The molecule has 0 atom stereocenters. The Balaban J connectivity index is 0.00000180. The van der Waals surface area contributed by atoms with Gasteiger partial charge in [0.1, 0.15) is 0 Å². The summed E-state index contributed by atoms with van der Waals surface area (Å²) >= 11 is 0. The van der Waals surface area contributed by atoms with Crippen molar-refractivity contribution in [3.05, 3.63) is 22.7 Å². The minimum Gasteiger partial charge on any atom is -0.873 e. The number of rotatable bonds is 1. The number of carbonyl (C=O) groups excluding carboxylic acids is 2. The zero-order valence-corrected chi connectivity index (χ0v) is 16.3. The molecule has 0 unspecified atom stereocenters. The average Bonchev–Trinajstić information content (AvgIpc) is 2.38. The Morgan fingerprint density at radius 3 is 1.25 bits per heavy atom. The van der Waals surface area contributed by atoms with Crippen LogP contribution in [-0.2, 0) is 9.59 Å². The van der Waals surface area contributed by atoms with E-state index >= 15 is 0 Å². The topological polar surface area (TPSA) is 80.3 Å². The Labute approximate surface area is 163 Å². The zero-order chi connectivity index (χ0) is 13.1. The maximum atomic E-state index is 12.0. The fraction of sp³-hybridized carbons (Fsp3) is 0.571. The molecular weight excluding hydrogens is 278 g/mol. The molecule has 20 heavy (non-hydrogen) atoms. The molecule has 2 fully saturated rings. The molecule has 0 aromatic heterocycles. The number of hydrogen-bond donors (Lipinski definition) is 0. The van der Waals surface area contributed by atoms with E-state index in [0.717, 1.165) is 25.7 Å². The fourth-order valence-electron chi connectivity index (χ4n) is 2.51. The van der Waals surface area contributed by atoms with Crippen LogP contribution >= 0.6 is 0 Å². The van der Waals surface area contributed by atoms with Crippen molar-refractivity contribution < 1.29 is 78.9 Å². The molecule has 0 bridgehead atoms. The number of Topliss-reactive ketones (excluding diaryl/α,β-unsaturated/α-hetero) is 2. The number of ketones is 2. The third-order valence-corrected chi connectivity index (χ3v) is 3.59. The van der Waals surface area contributed by atoms with Gasteiger partial charge in [0, 0.05) is 12.8 Å². The Kier molecular flexibility index (Phi) is 9.64. The molecule has 98 valence electrons. The normalized spacial score (nSPS) is 24.4. The van der Waals surface area contributed by atoms with Crippen molar-refractivity contribution in [3.8, 4) is 0 Å². The second-order valence-electron chi connectivity index (χ2n) is 4.88. The molecular formula is C14H16Na2O4. The van der Waals surface area contributed by atoms with Gasteiger partial charge in [-0.3, -0.25) is 9.59 Å². The standard InChI is InChI=1S/C14H18O4.2Na/c15-11-7-3-1-5-9(11)13(17)14(18)10-6-2-4-8-12(10)16;;/h17-18H,1-8H2;;/q;2*+1/p-2. The molecule has 2 rings (SSSR count). The molecule has 0 aromatic rings. The molecule has 0 spiro atoms. The summed E-state index contributed by atoms with van der Waals surface area (Å²) in [4.78, 5) is 23.2. The summed E-state index contributed by atoms with van der Waals surface area (Å²) in [5.74, 6) is -1.90. The first-order valence-corrected chi connectivity index (χ1v) is 6.48. The fourth-order valence-corrected chi connectivity index (χ4v) is 2.51. The van der Waals surface area contributed by atoms with E-state index in [-0.39, 0.29) is 81.8 Å². The van der Waals surface area contributed by atoms with Crippen LogP contribution in [0.15, 0.2) is 22.7 Å². The Morgan fingerprint density at radius 1 is 0.650 bits per heavy atom. The molecule has 2 saturated carbocycles. The zero-order valence-electron chi connectivity index (χ0n) is 12.3. The van der Waals surface area contributed by atoms with Gasteiger partial charge in [0.15, 0.2) is 11.6 Å². The van der Waals surface area contributed by atoms with Gasteiger partial charge in [-0.05, 0) is 49.7 Å². The Bertz CT molecular complexity index is 410. The van der Waals surface area contributed by atoms with Crippen molar-refractivity contribution >= 4 is 11.6 Å². The minimum absolute atomic E-state index is 0. The van der Waals surface area contributed by atoms with E-state index in [9.17, 15) is 19.8 Å². The van der Waals surface area contributed by atoms with Crippen LogP contribution in [0.2, 0.25) is 0 Å². The molecule has 0 saturated heterocycles. The van der Waals surface area contributed by atoms with Crippen LogP contribution in [0.25, 0.3) is 0 Å². The molecule has 0 aromatic carbocycles. The summed E-state index contributed by atoms with van der Waals surface area (Å²) in [6, 6.07) is 0. The average molecular weight is 294 g/mol. The molecule has 6 heteroatoms. The Morgan fingerprint density at radius 2 is 0.950 bits per heavy atom. The van der Waals surface area contributed by atoms with Crippen LogP contribution in [0.4, 0.5) is 0 Å². The quantitative estimate of drug-likeness (QED) is 0.274. The van der Waals surface area contributed by atoms with Gasteiger partial charge in [0.05, 0.1) is 0 Å². The van der Waals surface area contributed by atoms with Crippen molar-refractivity contribution in [2.75, 3.05) is 0 Å². The summed E-state index contributed by atoms with van der Waals surface area (Å²) in [5, 5.41) is 23.9. The summed E-state index contributed by atoms with van der Waals surface area (Å²) in [6.45, 7) is 0. The smallest absolute Gasteiger partial charge is 0.873 e. The van der Waals surface area contributed by atoms with Crippen molar-refractivity contribution in [1.82, 2.24) is 0 Å². The first kappa shape index (κ1) is 20.4. The molecule has 2 aliphatic rings. The summed E-state index contributed by atoms with van der Waals surface area (Å²) < 4.78 is 0. The second kappa shape index (κ2) is 9.44. The van der Waals surface area contributed by atoms with Crippen molar-refractivity contribution in [3.63, 3.8) is 0 Å². The van der Waals surface area contributed by atoms with E-state index in [1.54, 1.807) is 0 Å². The van der Waals surface area contributed by atoms with Crippen LogP contribution in [0, 0.1) is 0 Å². The van der Waals surface area contributed by atoms with Gasteiger partial charge in [-0.2, -0.15) is 0 Å². The van der Waals surface area contributed by atoms with Gasteiger partial charge in [-0.25, -0.2) is 0 Å². The number of hydrogen-bond acceptors (Lipinski definition) is 4. The molecule has 0 heterocycles. The van der Waals surface area contributed by atoms with Gasteiger partial charge in [0.25, 0.3) is 0 Å². The first-order chi connectivity index (χ1) is 8.61. The van der Waals surface area contributed by atoms with E-state index in [1.165, 1.54) is 0 Å². The van der Waals surface area contributed by atoms with Crippen LogP contribution in [0.1, 0.15) is 51.4 Å². The predicted octanol–water partition coefficient (Wildman–Crippen LogP) is -5.49. The third kappa shape index (κ3) is 4.72. The SMILES string of the molecule is O=C1CCCCC1=C([O-])C([O-])=C1CCCCC1=O.[Na+].[Na+].